The molecule has 0 atom stereocenters. The lowest BCUT2D eigenvalue weighted by Crippen LogP contribution is -2.25. The van der Waals surface area contributed by atoms with Crippen LogP contribution in [-0.2, 0) is 27.6 Å². The Morgan fingerprint density at radius 1 is 1.20 bits per heavy atom. The maximum Gasteiger partial charge on any atom is 0.224 e. The largest absolute Gasteiger partial charge is 0.467 e. The van der Waals surface area contributed by atoms with Crippen LogP contribution in [0.3, 0.4) is 0 Å². The van der Waals surface area contributed by atoms with Crippen molar-refractivity contribution in [3.8, 4) is 0 Å². The molecule has 6 heteroatoms. The summed E-state index contributed by atoms with van der Waals surface area (Å²) in [5.41, 5.74) is 0.493. The summed E-state index contributed by atoms with van der Waals surface area (Å²) in [5, 5.41) is 2.68. The van der Waals surface area contributed by atoms with Crippen LogP contribution < -0.4 is 5.32 Å². The van der Waals surface area contributed by atoms with E-state index in [1.807, 2.05) is 0 Å². The van der Waals surface area contributed by atoms with Gasteiger partial charge in [0.25, 0.3) is 0 Å². The summed E-state index contributed by atoms with van der Waals surface area (Å²) < 4.78 is 28.4. The summed E-state index contributed by atoms with van der Waals surface area (Å²) in [6.45, 7) is 0.285. The molecular weight excluding hydrogens is 278 g/mol. The van der Waals surface area contributed by atoms with Gasteiger partial charge in [-0.15, -0.1) is 0 Å². The molecule has 0 spiro atoms. The van der Waals surface area contributed by atoms with Gasteiger partial charge >= 0.3 is 0 Å². The zero-order valence-electron chi connectivity index (χ0n) is 11.0. The first kappa shape index (κ1) is 14.3. The van der Waals surface area contributed by atoms with E-state index in [0.29, 0.717) is 11.3 Å². The van der Waals surface area contributed by atoms with Gasteiger partial charge in [-0.05, 0) is 23.8 Å². The molecular formula is C14H15NO4S. The number of hydrogen-bond donors (Lipinski definition) is 1. The van der Waals surface area contributed by atoms with Crippen LogP contribution in [0.1, 0.15) is 11.3 Å². The first-order valence-electron chi connectivity index (χ1n) is 6.04. The van der Waals surface area contributed by atoms with Gasteiger partial charge in [0, 0.05) is 6.26 Å². The van der Waals surface area contributed by atoms with E-state index >= 15 is 0 Å². The highest BCUT2D eigenvalue weighted by molar-refractivity contribution is 7.90. The minimum Gasteiger partial charge on any atom is -0.467 e. The first-order valence-corrected chi connectivity index (χ1v) is 7.93. The Kier molecular flexibility index (Phi) is 4.24. The molecule has 1 aromatic heterocycles. The standard InChI is InChI=1S/C14H15NO4S/c1-20(17,18)13-7-3-2-5-11(13)9-14(16)15-10-12-6-4-8-19-12/h2-8H,9-10H2,1H3,(H,15,16). The molecule has 20 heavy (non-hydrogen) atoms. The second kappa shape index (κ2) is 5.92. The quantitative estimate of drug-likeness (QED) is 0.907. The molecule has 1 amide bonds. The Morgan fingerprint density at radius 2 is 1.95 bits per heavy atom. The van der Waals surface area contributed by atoms with Crippen molar-refractivity contribution in [2.45, 2.75) is 17.9 Å². The van der Waals surface area contributed by atoms with E-state index in [2.05, 4.69) is 5.32 Å². The average Bonchev–Trinajstić information content (AvgIpc) is 2.89. The first-order chi connectivity index (χ1) is 9.47. The Morgan fingerprint density at radius 3 is 2.60 bits per heavy atom. The van der Waals surface area contributed by atoms with Crippen molar-refractivity contribution in [2.24, 2.45) is 0 Å². The fourth-order valence-corrected chi connectivity index (χ4v) is 2.79. The van der Waals surface area contributed by atoms with Crippen molar-refractivity contribution in [3.63, 3.8) is 0 Å². The van der Waals surface area contributed by atoms with E-state index < -0.39 is 9.84 Å². The summed E-state index contributed by atoms with van der Waals surface area (Å²) in [5.74, 6) is 0.396. The Labute approximate surface area is 117 Å². The van der Waals surface area contributed by atoms with Gasteiger partial charge in [0.1, 0.15) is 5.76 Å². The number of furan rings is 1. The molecule has 0 saturated heterocycles. The number of hydrogen-bond acceptors (Lipinski definition) is 4. The molecule has 5 nitrogen and oxygen atoms in total. The van der Waals surface area contributed by atoms with Crippen molar-refractivity contribution in [1.82, 2.24) is 5.32 Å². The van der Waals surface area contributed by atoms with Gasteiger partial charge in [0.2, 0.25) is 5.91 Å². The number of rotatable bonds is 5. The van der Waals surface area contributed by atoms with Crippen LogP contribution in [0.2, 0.25) is 0 Å². The molecule has 106 valence electrons. The minimum absolute atomic E-state index is 0.0178. The number of sulfone groups is 1. The highest BCUT2D eigenvalue weighted by Crippen LogP contribution is 2.15. The highest BCUT2D eigenvalue weighted by atomic mass is 32.2. The molecule has 0 bridgehead atoms. The molecule has 0 fully saturated rings. The Bertz CT molecular complexity index is 690. The molecule has 0 saturated carbocycles. The van der Waals surface area contributed by atoms with Crippen LogP contribution in [-0.4, -0.2) is 20.6 Å². The van der Waals surface area contributed by atoms with Crippen molar-refractivity contribution in [3.05, 3.63) is 54.0 Å². The molecule has 0 unspecified atom stereocenters. The number of benzene rings is 1. The van der Waals surface area contributed by atoms with Gasteiger partial charge in [0.05, 0.1) is 24.1 Å². The summed E-state index contributed by atoms with van der Waals surface area (Å²) >= 11 is 0. The molecule has 0 aliphatic heterocycles. The summed E-state index contributed by atoms with van der Waals surface area (Å²) in [7, 11) is -3.34. The Hall–Kier alpha value is -2.08. The number of carbonyl (C=O) groups is 1. The summed E-state index contributed by atoms with van der Waals surface area (Å²) in [4.78, 5) is 12.0. The summed E-state index contributed by atoms with van der Waals surface area (Å²) in [6, 6.07) is 9.99. The lowest BCUT2D eigenvalue weighted by molar-refractivity contribution is -0.120. The highest BCUT2D eigenvalue weighted by Gasteiger charge is 2.14. The Balaban J connectivity index is 2.05. The van der Waals surface area contributed by atoms with E-state index in [-0.39, 0.29) is 23.8 Å². The van der Waals surface area contributed by atoms with E-state index in [9.17, 15) is 13.2 Å². The number of carbonyl (C=O) groups excluding carboxylic acids is 1. The van der Waals surface area contributed by atoms with Crippen molar-refractivity contribution >= 4 is 15.7 Å². The zero-order chi connectivity index (χ0) is 14.6. The maximum absolute atomic E-state index is 11.8. The predicted molar refractivity (Wildman–Crippen MR) is 73.8 cm³/mol. The SMILES string of the molecule is CS(=O)(=O)c1ccccc1CC(=O)NCc1ccco1. The van der Waals surface area contributed by atoms with Crippen molar-refractivity contribution in [1.29, 1.82) is 0 Å². The average molecular weight is 293 g/mol. The van der Waals surface area contributed by atoms with E-state index in [0.717, 1.165) is 6.26 Å². The second-order valence-corrected chi connectivity index (χ2v) is 6.40. The van der Waals surface area contributed by atoms with Crippen LogP contribution in [0, 0.1) is 0 Å². The predicted octanol–water partition coefficient (Wildman–Crippen LogP) is 1.54. The fourth-order valence-electron chi connectivity index (χ4n) is 1.85. The third kappa shape index (κ3) is 3.71. The van der Waals surface area contributed by atoms with Gasteiger partial charge in [0.15, 0.2) is 9.84 Å². The molecule has 0 aliphatic rings. The topological polar surface area (TPSA) is 76.4 Å². The summed E-state index contributed by atoms with van der Waals surface area (Å²) in [6.07, 6.45) is 2.68. The van der Waals surface area contributed by atoms with Gasteiger partial charge < -0.3 is 9.73 Å². The van der Waals surface area contributed by atoms with Gasteiger partial charge in [-0.3, -0.25) is 4.79 Å². The smallest absolute Gasteiger partial charge is 0.224 e. The second-order valence-electron chi connectivity index (χ2n) is 4.41. The molecule has 2 aromatic rings. The maximum atomic E-state index is 11.8. The molecule has 1 N–H and O–H groups in total. The monoisotopic (exact) mass is 293 g/mol. The van der Waals surface area contributed by atoms with Crippen LogP contribution in [0.15, 0.2) is 52.0 Å². The van der Waals surface area contributed by atoms with Crippen LogP contribution in [0.4, 0.5) is 0 Å². The van der Waals surface area contributed by atoms with E-state index in [4.69, 9.17) is 4.42 Å². The lowest BCUT2D eigenvalue weighted by Gasteiger charge is -2.08. The third-order valence-corrected chi connectivity index (χ3v) is 3.96. The third-order valence-electron chi connectivity index (χ3n) is 2.76. The van der Waals surface area contributed by atoms with Crippen LogP contribution in [0.25, 0.3) is 0 Å². The molecule has 0 aliphatic carbocycles. The molecule has 2 rings (SSSR count). The van der Waals surface area contributed by atoms with E-state index in [1.165, 1.54) is 12.3 Å². The van der Waals surface area contributed by atoms with Crippen LogP contribution >= 0.6 is 0 Å². The lowest BCUT2D eigenvalue weighted by atomic mass is 10.1. The molecule has 0 radical (unpaired) electrons. The normalized spacial score (nSPS) is 11.2. The van der Waals surface area contributed by atoms with Crippen molar-refractivity contribution in [2.75, 3.05) is 6.26 Å². The minimum atomic E-state index is -3.34. The fraction of sp³-hybridized carbons (Fsp3) is 0.214. The van der Waals surface area contributed by atoms with Crippen molar-refractivity contribution < 1.29 is 17.6 Å². The van der Waals surface area contributed by atoms with E-state index in [1.54, 1.807) is 30.3 Å². The van der Waals surface area contributed by atoms with Gasteiger partial charge in [-0.1, -0.05) is 18.2 Å². The van der Waals surface area contributed by atoms with Gasteiger partial charge in [-0.2, -0.15) is 0 Å². The number of nitrogens with one attached hydrogen (secondary N) is 1. The zero-order valence-corrected chi connectivity index (χ0v) is 11.8. The van der Waals surface area contributed by atoms with Crippen LogP contribution in [0.5, 0.6) is 0 Å². The van der Waals surface area contributed by atoms with Gasteiger partial charge in [-0.25, -0.2) is 8.42 Å². The number of amides is 1. The molecule has 1 aromatic carbocycles. The molecule has 1 heterocycles.